The van der Waals surface area contributed by atoms with Gasteiger partial charge in [-0.2, -0.15) is 0 Å². The average molecular weight is 231 g/mol. The van der Waals surface area contributed by atoms with Gasteiger partial charge in [0.2, 0.25) is 5.91 Å². The smallest absolute Gasteiger partial charge is 0.321 e. The van der Waals surface area contributed by atoms with Crippen LogP contribution < -0.4 is 10.6 Å². The fraction of sp³-hybridized carbons (Fsp3) is 0.667. The second-order valence-electron chi connectivity index (χ2n) is 3.20. The van der Waals surface area contributed by atoms with Crippen LogP contribution >= 0.6 is 0 Å². The van der Waals surface area contributed by atoms with Crippen LogP contribution in [0.15, 0.2) is 0 Å². The molecule has 1 unspecified atom stereocenters. The van der Waals surface area contributed by atoms with Gasteiger partial charge in [-0.15, -0.1) is 0 Å². The average Bonchev–Trinajstić information content (AvgIpc) is 2.24. The Morgan fingerprint density at radius 3 is 2.31 bits per heavy atom. The molecule has 0 aliphatic heterocycles. The Balaban J connectivity index is 4.37. The van der Waals surface area contributed by atoms with Crippen LogP contribution in [0.4, 0.5) is 4.79 Å². The van der Waals surface area contributed by atoms with E-state index in [0.29, 0.717) is 6.54 Å². The zero-order valence-electron chi connectivity index (χ0n) is 9.61. The molecule has 3 N–H and O–H groups in total. The maximum Gasteiger partial charge on any atom is 0.321 e. The van der Waals surface area contributed by atoms with E-state index in [4.69, 9.17) is 5.11 Å². The van der Waals surface area contributed by atoms with Crippen LogP contribution in [-0.2, 0) is 9.59 Å². The van der Waals surface area contributed by atoms with Crippen molar-refractivity contribution < 1.29 is 19.5 Å². The Kier molecular flexibility index (Phi) is 6.09. The molecule has 0 spiro atoms. The van der Waals surface area contributed by atoms with Crippen LogP contribution in [0, 0.1) is 0 Å². The Bertz CT molecular complexity index is 280. The summed E-state index contributed by atoms with van der Waals surface area (Å²) in [6.45, 7) is 3.46. The number of carboxylic acid groups (broad SMARTS) is 1. The monoisotopic (exact) mass is 231 g/mol. The van der Waals surface area contributed by atoms with Crippen LogP contribution in [0.2, 0.25) is 0 Å². The predicted octanol–water partition coefficient (Wildman–Crippen LogP) is -0.763. The van der Waals surface area contributed by atoms with Crippen LogP contribution in [0.25, 0.3) is 0 Å². The Morgan fingerprint density at radius 1 is 1.38 bits per heavy atom. The number of hydrogen-bond acceptors (Lipinski definition) is 4. The molecule has 0 aliphatic carbocycles. The molecule has 7 nitrogen and oxygen atoms in total. The summed E-state index contributed by atoms with van der Waals surface area (Å²) in [5.41, 5.74) is 0. The van der Waals surface area contributed by atoms with Gasteiger partial charge in [-0.1, -0.05) is 6.92 Å². The molecule has 0 heterocycles. The first-order chi connectivity index (χ1) is 7.42. The van der Waals surface area contributed by atoms with E-state index < -0.39 is 23.9 Å². The third-order valence-electron chi connectivity index (χ3n) is 2.14. The minimum atomic E-state index is -1.01. The third kappa shape index (κ3) is 4.74. The van der Waals surface area contributed by atoms with Crippen LogP contribution in [-0.4, -0.2) is 54.1 Å². The number of nitrogens with zero attached hydrogens (tertiary/aromatic N) is 1. The molecular formula is C9H17N3O4. The van der Waals surface area contributed by atoms with Gasteiger partial charge in [-0.25, -0.2) is 4.79 Å². The van der Waals surface area contributed by atoms with E-state index in [1.54, 1.807) is 13.8 Å². The summed E-state index contributed by atoms with van der Waals surface area (Å²) in [5, 5.41) is 13.0. The van der Waals surface area contributed by atoms with Crippen molar-refractivity contribution in [2.45, 2.75) is 19.9 Å². The van der Waals surface area contributed by atoms with Crippen molar-refractivity contribution in [3.8, 4) is 0 Å². The van der Waals surface area contributed by atoms with Crippen molar-refractivity contribution in [2.75, 3.05) is 20.1 Å². The van der Waals surface area contributed by atoms with Gasteiger partial charge in [0.25, 0.3) is 0 Å². The first kappa shape index (κ1) is 14.4. The summed E-state index contributed by atoms with van der Waals surface area (Å²) in [6.07, 6.45) is 0. The van der Waals surface area contributed by atoms with E-state index in [1.807, 2.05) is 0 Å². The summed E-state index contributed by atoms with van der Waals surface area (Å²) >= 11 is 0. The van der Waals surface area contributed by atoms with E-state index in [0.717, 1.165) is 0 Å². The molecule has 0 fully saturated rings. The third-order valence-corrected chi connectivity index (χ3v) is 2.14. The van der Waals surface area contributed by atoms with Crippen molar-refractivity contribution >= 4 is 17.9 Å². The molecule has 0 bridgehead atoms. The SMILES string of the molecule is CCN(CC(=O)O)C(C)C(=O)NC(=O)NC. The molecule has 16 heavy (non-hydrogen) atoms. The first-order valence-corrected chi connectivity index (χ1v) is 4.90. The summed E-state index contributed by atoms with van der Waals surface area (Å²) < 4.78 is 0. The summed E-state index contributed by atoms with van der Waals surface area (Å²) in [5.74, 6) is -1.54. The normalized spacial score (nSPS) is 12.0. The van der Waals surface area contributed by atoms with Crippen molar-refractivity contribution in [3.05, 3.63) is 0 Å². The highest BCUT2D eigenvalue weighted by Crippen LogP contribution is 1.98. The minimum absolute atomic E-state index is 0.237. The molecule has 7 heteroatoms. The Hall–Kier alpha value is -1.63. The lowest BCUT2D eigenvalue weighted by molar-refractivity contribution is -0.139. The zero-order valence-corrected chi connectivity index (χ0v) is 9.61. The molecule has 0 saturated carbocycles. The number of imide groups is 1. The Labute approximate surface area is 93.8 Å². The van der Waals surface area contributed by atoms with Gasteiger partial charge < -0.3 is 10.4 Å². The largest absolute Gasteiger partial charge is 0.480 e. The fourth-order valence-corrected chi connectivity index (χ4v) is 1.14. The quantitative estimate of drug-likeness (QED) is 0.577. The van der Waals surface area contributed by atoms with Gasteiger partial charge in [0.05, 0.1) is 12.6 Å². The van der Waals surface area contributed by atoms with Gasteiger partial charge >= 0.3 is 12.0 Å². The predicted molar refractivity (Wildman–Crippen MR) is 56.9 cm³/mol. The van der Waals surface area contributed by atoms with Gasteiger partial charge in [0.1, 0.15) is 0 Å². The summed E-state index contributed by atoms with van der Waals surface area (Å²) in [6, 6.07) is -1.28. The standard InChI is InChI=1S/C9H17N3O4/c1-4-12(5-7(13)14)6(2)8(15)11-9(16)10-3/h6H,4-5H2,1-3H3,(H,13,14)(H2,10,11,15,16). The molecule has 0 aromatic carbocycles. The van der Waals surface area contributed by atoms with Gasteiger partial charge in [-0.3, -0.25) is 19.8 Å². The molecule has 0 aliphatic rings. The van der Waals surface area contributed by atoms with Crippen molar-refractivity contribution in [1.29, 1.82) is 0 Å². The van der Waals surface area contributed by atoms with Gasteiger partial charge in [0.15, 0.2) is 0 Å². The molecule has 0 rings (SSSR count). The lowest BCUT2D eigenvalue weighted by atomic mass is 10.2. The number of rotatable bonds is 5. The van der Waals surface area contributed by atoms with Crippen molar-refractivity contribution in [3.63, 3.8) is 0 Å². The van der Waals surface area contributed by atoms with Crippen molar-refractivity contribution in [1.82, 2.24) is 15.5 Å². The van der Waals surface area contributed by atoms with Crippen molar-refractivity contribution in [2.24, 2.45) is 0 Å². The summed E-state index contributed by atoms with van der Waals surface area (Å²) in [7, 11) is 1.39. The number of carboxylic acids is 1. The highest BCUT2D eigenvalue weighted by molar-refractivity contribution is 5.96. The second-order valence-corrected chi connectivity index (χ2v) is 3.20. The van der Waals surface area contributed by atoms with E-state index in [1.165, 1.54) is 11.9 Å². The molecule has 0 saturated heterocycles. The zero-order chi connectivity index (χ0) is 12.7. The molecule has 92 valence electrons. The highest BCUT2D eigenvalue weighted by Gasteiger charge is 2.22. The number of likely N-dealkylation sites (N-methyl/N-ethyl adjacent to an activating group) is 1. The molecule has 0 radical (unpaired) electrons. The lowest BCUT2D eigenvalue weighted by Gasteiger charge is -2.24. The molecule has 0 aromatic rings. The Morgan fingerprint density at radius 2 is 1.94 bits per heavy atom. The van der Waals surface area contributed by atoms with E-state index in [2.05, 4.69) is 10.6 Å². The maximum atomic E-state index is 11.5. The second kappa shape index (κ2) is 6.78. The fourth-order valence-electron chi connectivity index (χ4n) is 1.14. The molecular weight excluding hydrogens is 214 g/mol. The molecule has 3 amide bonds. The van der Waals surface area contributed by atoms with Crippen LogP contribution in [0.3, 0.4) is 0 Å². The lowest BCUT2D eigenvalue weighted by Crippen LogP contribution is -2.50. The molecule has 0 aromatic heterocycles. The number of hydrogen-bond donors (Lipinski definition) is 3. The number of carbonyl (C=O) groups is 3. The topological polar surface area (TPSA) is 98.7 Å². The van der Waals surface area contributed by atoms with Gasteiger partial charge in [0, 0.05) is 7.05 Å². The number of amides is 3. The number of aliphatic carboxylic acids is 1. The van der Waals surface area contributed by atoms with Crippen LogP contribution in [0.1, 0.15) is 13.8 Å². The van der Waals surface area contributed by atoms with E-state index >= 15 is 0 Å². The minimum Gasteiger partial charge on any atom is -0.480 e. The molecule has 1 atom stereocenters. The number of carbonyl (C=O) groups excluding carboxylic acids is 2. The first-order valence-electron chi connectivity index (χ1n) is 4.90. The van der Waals surface area contributed by atoms with Gasteiger partial charge in [-0.05, 0) is 13.5 Å². The van der Waals surface area contributed by atoms with E-state index in [-0.39, 0.29) is 6.54 Å². The van der Waals surface area contributed by atoms with E-state index in [9.17, 15) is 14.4 Å². The highest BCUT2D eigenvalue weighted by atomic mass is 16.4. The van der Waals surface area contributed by atoms with Crippen LogP contribution in [0.5, 0.6) is 0 Å². The summed E-state index contributed by atoms with van der Waals surface area (Å²) in [4.78, 5) is 34.3. The number of nitrogens with one attached hydrogen (secondary N) is 2. The number of urea groups is 1. The maximum absolute atomic E-state index is 11.5.